The largest absolute Gasteiger partial charge is 0.463 e. The van der Waals surface area contributed by atoms with Crippen molar-refractivity contribution in [3.8, 4) is 0 Å². The van der Waals surface area contributed by atoms with Crippen LogP contribution in [0.1, 0.15) is 65.7 Å². The quantitative estimate of drug-likeness (QED) is 0.315. The Morgan fingerprint density at radius 2 is 2.00 bits per heavy atom. The molecule has 34 heavy (non-hydrogen) atoms. The van der Waals surface area contributed by atoms with E-state index in [0.717, 1.165) is 24.8 Å². The lowest BCUT2D eigenvalue weighted by atomic mass is 9.46. The predicted molar refractivity (Wildman–Crippen MR) is 128 cm³/mol. The topological polar surface area (TPSA) is 89.9 Å². The van der Waals surface area contributed by atoms with Gasteiger partial charge in [0.1, 0.15) is 0 Å². The molecule has 3 fully saturated rings. The highest BCUT2D eigenvalue weighted by molar-refractivity contribution is 6.53. The van der Waals surface area contributed by atoms with Crippen molar-refractivity contribution in [2.75, 3.05) is 6.61 Å². The van der Waals surface area contributed by atoms with E-state index < -0.39 is 39.3 Å². The number of esters is 2. The predicted octanol–water partition coefficient (Wildman–Crippen LogP) is 4.69. The lowest BCUT2D eigenvalue weighted by molar-refractivity contribution is -0.212. The van der Waals surface area contributed by atoms with E-state index >= 15 is 0 Å². The number of hydrogen-bond donors (Lipinski definition) is 1. The van der Waals surface area contributed by atoms with Crippen molar-refractivity contribution >= 4 is 40.9 Å². The Bertz CT molecular complexity index is 928. The van der Waals surface area contributed by atoms with Gasteiger partial charge in [-0.25, -0.2) is 9.59 Å². The molecule has 188 valence electrons. The smallest absolute Gasteiger partial charge is 0.351 e. The van der Waals surface area contributed by atoms with Gasteiger partial charge in [-0.3, -0.25) is 4.79 Å². The number of aliphatic hydroxyl groups excluding tert-OH is 1. The number of ketones is 1. The molecule has 0 aromatic rings. The summed E-state index contributed by atoms with van der Waals surface area (Å²) in [6.07, 6.45) is 8.85. The molecule has 6 nitrogen and oxygen atoms in total. The van der Waals surface area contributed by atoms with E-state index in [1.54, 1.807) is 12.2 Å². The van der Waals surface area contributed by atoms with Crippen LogP contribution in [0, 0.1) is 28.6 Å². The molecule has 0 aromatic heterocycles. The molecule has 4 aliphatic rings. The van der Waals surface area contributed by atoms with Crippen molar-refractivity contribution in [3.05, 3.63) is 23.8 Å². The van der Waals surface area contributed by atoms with Gasteiger partial charge in [0, 0.05) is 16.7 Å². The number of fused-ring (bicyclic) bond motifs is 5. The second-order valence-electron chi connectivity index (χ2n) is 10.8. The lowest BCUT2D eigenvalue weighted by Gasteiger charge is -2.59. The van der Waals surface area contributed by atoms with Crippen LogP contribution < -0.4 is 0 Å². The first-order chi connectivity index (χ1) is 16.0. The molecule has 0 aromatic carbocycles. The third-order valence-corrected chi connectivity index (χ3v) is 9.49. The summed E-state index contributed by atoms with van der Waals surface area (Å²) in [5, 5.41) is 11.6. The van der Waals surface area contributed by atoms with E-state index in [4.69, 9.17) is 32.7 Å². The van der Waals surface area contributed by atoms with Gasteiger partial charge in [0.2, 0.25) is 10.4 Å². The summed E-state index contributed by atoms with van der Waals surface area (Å²) in [7, 11) is 0. The highest BCUT2D eigenvalue weighted by atomic mass is 35.5. The molecular formula is C26H34Cl2O6. The molecule has 3 saturated carbocycles. The Morgan fingerprint density at radius 1 is 1.26 bits per heavy atom. The molecule has 8 heteroatoms. The number of carbonyl (C=O) groups is 3. The van der Waals surface area contributed by atoms with Gasteiger partial charge in [0.25, 0.3) is 0 Å². The number of halogens is 2. The standard InChI is InChI=1S/C26H34Cl2O6/c1-4-5-12-33-23(32)26(34-22(31)21(27)28)11-9-18-17-7-6-15-13-16(29)8-10-24(15,2)20(17)19(30)14-25(18,26)3/h8,10,13,17-21,30H,4-7,9,11-12,14H2,1-3H3/t17-,18-,19-,20+,24-,25-,26-/m0/s1. The van der Waals surface area contributed by atoms with Crippen molar-refractivity contribution in [3.63, 3.8) is 0 Å². The molecule has 0 spiro atoms. The SMILES string of the molecule is CCCCOC(=O)[C@@]1(OC(=O)C(Cl)Cl)CC[C@H]2[C@@H]3CCC4=CC(=O)C=C[C@]4(C)[C@H]3[C@@H](O)C[C@@]21C. The van der Waals surface area contributed by atoms with Crippen LogP contribution in [0.15, 0.2) is 23.8 Å². The van der Waals surface area contributed by atoms with E-state index in [2.05, 4.69) is 6.92 Å². The van der Waals surface area contributed by atoms with E-state index in [-0.39, 0.29) is 36.6 Å². The highest BCUT2D eigenvalue weighted by Gasteiger charge is 2.71. The molecule has 7 atom stereocenters. The van der Waals surface area contributed by atoms with E-state index in [0.29, 0.717) is 19.3 Å². The molecule has 0 saturated heterocycles. The van der Waals surface area contributed by atoms with Crippen LogP contribution >= 0.6 is 23.2 Å². The normalized spacial score (nSPS) is 40.8. The first kappa shape index (κ1) is 25.7. The van der Waals surface area contributed by atoms with Gasteiger partial charge in [-0.05, 0) is 62.5 Å². The van der Waals surface area contributed by atoms with Crippen molar-refractivity contribution in [2.45, 2.75) is 82.3 Å². The maximum Gasteiger partial charge on any atom is 0.351 e. The van der Waals surface area contributed by atoms with Crippen LogP contribution in [-0.4, -0.2) is 46.0 Å². The molecule has 0 radical (unpaired) electrons. The summed E-state index contributed by atoms with van der Waals surface area (Å²) < 4.78 is 11.5. The van der Waals surface area contributed by atoms with Crippen LogP contribution in [0.3, 0.4) is 0 Å². The van der Waals surface area contributed by atoms with Crippen LogP contribution in [0.5, 0.6) is 0 Å². The minimum absolute atomic E-state index is 0.0145. The fourth-order valence-electron chi connectivity index (χ4n) is 7.50. The van der Waals surface area contributed by atoms with Gasteiger partial charge in [0.05, 0.1) is 12.7 Å². The van der Waals surface area contributed by atoms with E-state index in [1.807, 2.05) is 19.9 Å². The van der Waals surface area contributed by atoms with Gasteiger partial charge in [-0.2, -0.15) is 0 Å². The first-order valence-electron chi connectivity index (χ1n) is 12.3. The number of hydrogen-bond acceptors (Lipinski definition) is 6. The van der Waals surface area contributed by atoms with Gasteiger partial charge in [-0.15, -0.1) is 0 Å². The van der Waals surface area contributed by atoms with Crippen LogP contribution in [0.2, 0.25) is 0 Å². The minimum atomic E-state index is -1.55. The Labute approximate surface area is 211 Å². The molecule has 1 N–H and O–H groups in total. The number of alkyl halides is 2. The number of rotatable bonds is 6. The Balaban J connectivity index is 1.71. The number of carbonyl (C=O) groups excluding carboxylic acids is 3. The van der Waals surface area contributed by atoms with E-state index in [9.17, 15) is 19.5 Å². The zero-order chi connectivity index (χ0) is 24.9. The highest BCUT2D eigenvalue weighted by Crippen LogP contribution is 2.68. The molecule has 0 aliphatic heterocycles. The maximum atomic E-state index is 13.5. The van der Waals surface area contributed by atoms with Gasteiger partial charge < -0.3 is 14.6 Å². The number of unbranched alkanes of at least 4 members (excludes halogenated alkanes) is 1. The zero-order valence-electron chi connectivity index (χ0n) is 20.0. The lowest BCUT2D eigenvalue weighted by Crippen LogP contribution is -2.63. The second-order valence-corrected chi connectivity index (χ2v) is 11.9. The average molecular weight is 513 g/mol. The summed E-state index contributed by atoms with van der Waals surface area (Å²) in [6.45, 7) is 6.26. The van der Waals surface area contributed by atoms with Crippen molar-refractivity contribution < 1.29 is 29.0 Å². The number of ether oxygens (including phenoxy) is 2. The number of aliphatic hydroxyl groups is 1. The van der Waals surface area contributed by atoms with Crippen molar-refractivity contribution in [2.24, 2.45) is 28.6 Å². The third-order valence-electron chi connectivity index (χ3n) is 9.13. The molecule has 4 rings (SSSR count). The van der Waals surface area contributed by atoms with Crippen LogP contribution in [0.25, 0.3) is 0 Å². The maximum absolute atomic E-state index is 13.5. The third kappa shape index (κ3) is 3.84. The van der Waals surface area contributed by atoms with Gasteiger partial charge in [-0.1, -0.05) is 62.0 Å². The molecule has 0 bridgehead atoms. The summed E-state index contributed by atoms with van der Waals surface area (Å²) in [5.74, 6) is -1.43. The fourth-order valence-corrected chi connectivity index (χ4v) is 7.59. The summed E-state index contributed by atoms with van der Waals surface area (Å²) in [5.41, 5.74) is -1.74. The van der Waals surface area contributed by atoms with Crippen molar-refractivity contribution in [1.82, 2.24) is 0 Å². The first-order valence-corrected chi connectivity index (χ1v) is 13.2. The summed E-state index contributed by atoms with van der Waals surface area (Å²) >= 11 is 11.6. The van der Waals surface area contributed by atoms with Crippen LogP contribution in [0.4, 0.5) is 0 Å². The molecule has 0 amide bonds. The van der Waals surface area contributed by atoms with Gasteiger partial charge in [0.15, 0.2) is 5.78 Å². The fraction of sp³-hybridized carbons (Fsp3) is 0.731. The summed E-state index contributed by atoms with van der Waals surface area (Å²) in [4.78, 5) is 36.7. The molecule has 4 aliphatic carbocycles. The van der Waals surface area contributed by atoms with E-state index in [1.165, 1.54) is 0 Å². The van der Waals surface area contributed by atoms with Gasteiger partial charge >= 0.3 is 11.9 Å². The monoisotopic (exact) mass is 512 g/mol. The number of allylic oxidation sites excluding steroid dienone is 4. The summed E-state index contributed by atoms with van der Waals surface area (Å²) in [6, 6.07) is 0. The average Bonchev–Trinajstić information content (AvgIpc) is 3.06. The second kappa shape index (κ2) is 9.25. The zero-order valence-corrected chi connectivity index (χ0v) is 21.5. The minimum Gasteiger partial charge on any atom is -0.463 e. The molecular weight excluding hydrogens is 479 g/mol. The van der Waals surface area contributed by atoms with Crippen molar-refractivity contribution in [1.29, 1.82) is 0 Å². The molecule has 0 heterocycles. The molecule has 0 unspecified atom stereocenters. The van der Waals surface area contributed by atoms with Crippen LogP contribution in [-0.2, 0) is 23.9 Å². The Kier molecular flexibility index (Phi) is 7.00. The Morgan fingerprint density at radius 3 is 2.68 bits per heavy atom. The Hall–Kier alpha value is -1.37.